The van der Waals surface area contributed by atoms with Crippen molar-refractivity contribution in [1.82, 2.24) is 9.88 Å². The van der Waals surface area contributed by atoms with Crippen LogP contribution in [-0.4, -0.2) is 28.2 Å². The number of aliphatic hydroxyl groups excluding tert-OH is 1. The van der Waals surface area contributed by atoms with Crippen LogP contribution < -0.4 is 5.32 Å². The largest absolute Gasteiger partial charge is 0.393 e. The molecule has 4 heteroatoms. The molecule has 1 saturated carbocycles. The highest BCUT2D eigenvalue weighted by molar-refractivity contribution is 5.98. The molecule has 1 aliphatic carbocycles. The van der Waals surface area contributed by atoms with Gasteiger partial charge in [0.2, 0.25) is 0 Å². The van der Waals surface area contributed by atoms with Crippen LogP contribution in [0.15, 0.2) is 30.3 Å². The van der Waals surface area contributed by atoms with Crippen molar-refractivity contribution in [2.75, 3.05) is 6.54 Å². The van der Waals surface area contributed by atoms with Crippen molar-refractivity contribution in [2.24, 2.45) is 5.92 Å². The summed E-state index contributed by atoms with van der Waals surface area (Å²) in [5, 5.41) is 13.9. The molecule has 2 unspecified atom stereocenters. The number of aromatic nitrogens is 1. The van der Waals surface area contributed by atoms with E-state index in [4.69, 9.17) is 0 Å². The van der Waals surface area contributed by atoms with Crippen molar-refractivity contribution in [3.05, 3.63) is 36.0 Å². The van der Waals surface area contributed by atoms with Crippen LogP contribution in [0.4, 0.5) is 0 Å². The highest BCUT2D eigenvalue weighted by atomic mass is 16.3. The molecule has 0 spiro atoms. The number of nitrogens with one attached hydrogen (secondary N) is 1. The van der Waals surface area contributed by atoms with Gasteiger partial charge in [-0.1, -0.05) is 24.6 Å². The zero-order chi connectivity index (χ0) is 14.8. The fraction of sp³-hybridized carbons (Fsp3) is 0.471. The second kappa shape index (κ2) is 5.90. The van der Waals surface area contributed by atoms with Crippen molar-refractivity contribution in [3.8, 4) is 0 Å². The number of nitrogens with zero attached hydrogens (tertiary/aromatic N) is 1. The molecular weight excluding hydrogens is 264 g/mol. The van der Waals surface area contributed by atoms with Gasteiger partial charge >= 0.3 is 0 Å². The number of para-hydroxylation sites is 1. The number of aryl methyl sites for hydroxylation is 1. The molecule has 1 amide bonds. The summed E-state index contributed by atoms with van der Waals surface area (Å²) in [5.41, 5.74) is 1.79. The van der Waals surface area contributed by atoms with Crippen LogP contribution in [0, 0.1) is 5.92 Å². The Morgan fingerprint density at radius 2 is 2.19 bits per heavy atom. The van der Waals surface area contributed by atoms with E-state index in [9.17, 15) is 9.90 Å². The molecule has 2 atom stereocenters. The predicted octanol–water partition coefficient (Wildman–Crippen LogP) is 2.55. The van der Waals surface area contributed by atoms with Gasteiger partial charge in [-0.3, -0.25) is 4.79 Å². The van der Waals surface area contributed by atoms with Crippen LogP contribution in [0.5, 0.6) is 0 Å². The summed E-state index contributed by atoms with van der Waals surface area (Å²) >= 11 is 0. The van der Waals surface area contributed by atoms with Gasteiger partial charge in [0.05, 0.1) is 6.10 Å². The third kappa shape index (κ3) is 2.68. The third-order valence-corrected chi connectivity index (χ3v) is 4.50. The van der Waals surface area contributed by atoms with Crippen molar-refractivity contribution in [3.63, 3.8) is 0 Å². The minimum atomic E-state index is -0.262. The second-order valence-corrected chi connectivity index (χ2v) is 5.80. The maximum Gasteiger partial charge on any atom is 0.267 e. The lowest BCUT2D eigenvalue weighted by atomic mass is 10.1. The quantitative estimate of drug-likeness (QED) is 0.907. The van der Waals surface area contributed by atoms with Gasteiger partial charge in [0.25, 0.3) is 5.91 Å². The lowest BCUT2D eigenvalue weighted by Gasteiger charge is -2.15. The number of benzene rings is 1. The summed E-state index contributed by atoms with van der Waals surface area (Å²) < 4.78 is 2.04. The van der Waals surface area contributed by atoms with Gasteiger partial charge in [-0.05, 0) is 31.9 Å². The van der Waals surface area contributed by atoms with Gasteiger partial charge in [0.1, 0.15) is 5.69 Å². The first-order valence-corrected chi connectivity index (χ1v) is 7.75. The lowest BCUT2D eigenvalue weighted by molar-refractivity contribution is 0.0908. The van der Waals surface area contributed by atoms with Crippen molar-refractivity contribution >= 4 is 16.8 Å². The predicted molar refractivity (Wildman–Crippen MR) is 83.3 cm³/mol. The zero-order valence-corrected chi connectivity index (χ0v) is 12.4. The summed E-state index contributed by atoms with van der Waals surface area (Å²) in [7, 11) is 0. The van der Waals surface area contributed by atoms with Crippen LogP contribution in [0.3, 0.4) is 0 Å². The van der Waals surface area contributed by atoms with Gasteiger partial charge in [0, 0.05) is 29.9 Å². The highest BCUT2D eigenvalue weighted by Crippen LogP contribution is 2.25. The van der Waals surface area contributed by atoms with Gasteiger partial charge in [-0.15, -0.1) is 0 Å². The highest BCUT2D eigenvalue weighted by Gasteiger charge is 2.26. The Balaban J connectivity index is 1.78. The molecule has 0 aliphatic heterocycles. The molecule has 1 heterocycles. The monoisotopic (exact) mass is 286 g/mol. The minimum Gasteiger partial charge on any atom is -0.393 e. The summed E-state index contributed by atoms with van der Waals surface area (Å²) in [6, 6.07) is 9.98. The molecule has 1 aromatic heterocycles. The lowest BCUT2D eigenvalue weighted by Crippen LogP contribution is -2.33. The number of rotatable bonds is 4. The molecule has 0 saturated heterocycles. The molecule has 4 nitrogen and oxygen atoms in total. The maximum atomic E-state index is 12.4. The molecule has 0 bridgehead atoms. The smallest absolute Gasteiger partial charge is 0.267 e. The average molecular weight is 286 g/mol. The summed E-state index contributed by atoms with van der Waals surface area (Å²) in [6.45, 7) is 3.37. The van der Waals surface area contributed by atoms with Crippen molar-refractivity contribution in [2.45, 2.75) is 38.8 Å². The normalized spacial score (nSPS) is 21.8. The molecule has 1 fully saturated rings. The molecular formula is C17H22N2O2. The zero-order valence-electron chi connectivity index (χ0n) is 12.4. The van der Waals surface area contributed by atoms with E-state index < -0.39 is 0 Å². The Kier molecular flexibility index (Phi) is 3.97. The number of hydrogen-bond acceptors (Lipinski definition) is 2. The Morgan fingerprint density at radius 3 is 2.90 bits per heavy atom. The first-order chi connectivity index (χ1) is 10.2. The van der Waals surface area contributed by atoms with E-state index in [-0.39, 0.29) is 17.9 Å². The number of amides is 1. The van der Waals surface area contributed by atoms with Crippen LogP contribution in [0.2, 0.25) is 0 Å². The van der Waals surface area contributed by atoms with E-state index in [1.807, 2.05) is 41.8 Å². The van der Waals surface area contributed by atoms with Crippen LogP contribution in [0.1, 0.15) is 36.7 Å². The number of carbonyl (C=O) groups is 1. The van der Waals surface area contributed by atoms with E-state index in [0.717, 1.165) is 36.7 Å². The summed E-state index contributed by atoms with van der Waals surface area (Å²) in [6.07, 6.45) is 2.65. The van der Waals surface area contributed by atoms with Crippen molar-refractivity contribution < 1.29 is 9.90 Å². The maximum absolute atomic E-state index is 12.4. The van der Waals surface area contributed by atoms with E-state index in [1.54, 1.807) is 0 Å². The van der Waals surface area contributed by atoms with Gasteiger partial charge in [-0.25, -0.2) is 0 Å². The van der Waals surface area contributed by atoms with Crippen LogP contribution >= 0.6 is 0 Å². The Labute approximate surface area is 124 Å². The van der Waals surface area contributed by atoms with Gasteiger partial charge in [0.15, 0.2) is 0 Å². The Bertz CT molecular complexity index is 647. The van der Waals surface area contributed by atoms with Crippen molar-refractivity contribution in [1.29, 1.82) is 0 Å². The number of aliphatic hydroxyl groups is 1. The van der Waals surface area contributed by atoms with Crippen LogP contribution in [0.25, 0.3) is 10.9 Å². The van der Waals surface area contributed by atoms with E-state index >= 15 is 0 Å². The first-order valence-electron chi connectivity index (χ1n) is 7.75. The Morgan fingerprint density at radius 1 is 1.38 bits per heavy atom. The standard InChI is InChI=1S/C17H22N2O2/c1-2-19-14-8-4-3-6-12(14)10-15(19)17(21)18-11-13-7-5-9-16(13)20/h3-4,6,8,10,13,16,20H,2,5,7,9,11H2,1H3,(H,18,21). The number of carbonyl (C=O) groups excluding carboxylic acids is 1. The average Bonchev–Trinajstić information content (AvgIpc) is 3.07. The molecule has 2 aromatic rings. The number of fused-ring (bicyclic) bond motifs is 1. The molecule has 21 heavy (non-hydrogen) atoms. The minimum absolute atomic E-state index is 0.0489. The summed E-state index contributed by atoms with van der Waals surface area (Å²) in [5.74, 6) is 0.153. The third-order valence-electron chi connectivity index (χ3n) is 4.50. The van der Waals surface area contributed by atoms with Crippen LogP contribution in [-0.2, 0) is 6.54 Å². The number of hydrogen-bond donors (Lipinski definition) is 2. The molecule has 2 N–H and O–H groups in total. The molecule has 112 valence electrons. The summed E-state index contributed by atoms with van der Waals surface area (Å²) in [4.78, 5) is 12.4. The van der Waals surface area contributed by atoms with E-state index in [1.165, 1.54) is 0 Å². The van der Waals surface area contributed by atoms with Gasteiger partial charge in [-0.2, -0.15) is 0 Å². The first kappa shape index (κ1) is 14.1. The fourth-order valence-corrected chi connectivity index (χ4v) is 3.31. The second-order valence-electron chi connectivity index (χ2n) is 5.80. The Hall–Kier alpha value is -1.81. The van der Waals surface area contributed by atoms with E-state index in [2.05, 4.69) is 5.32 Å². The van der Waals surface area contributed by atoms with Gasteiger partial charge < -0.3 is 15.0 Å². The fourth-order valence-electron chi connectivity index (χ4n) is 3.31. The van der Waals surface area contributed by atoms with E-state index in [0.29, 0.717) is 12.2 Å². The SMILES string of the molecule is CCn1c(C(=O)NCC2CCCC2O)cc2ccccc21. The molecule has 3 rings (SSSR count). The molecule has 0 radical (unpaired) electrons. The molecule has 1 aliphatic rings. The topological polar surface area (TPSA) is 54.3 Å². The molecule has 1 aromatic carbocycles.